The average Bonchev–Trinajstić information content (AvgIpc) is 2.32. The summed E-state index contributed by atoms with van der Waals surface area (Å²) in [6.45, 7) is 0. The molecule has 0 N–H and O–H groups in total. The van der Waals surface area contributed by atoms with Crippen LogP contribution in [-0.2, 0) is 4.79 Å². The van der Waals surface area contributed by atoms with Crippen LogP contribution in [0.5, 0.6) is 0 Å². The first-order valence-corrected chi connectivity index (χ1v) is 4.91. The Morgan fingerprint density at radius 3 is 2.38 bits per heavy atom. The smallest absolute Gasteiger partial charge is 0.283 e. The third-order valence-electron chi connectivity index (χ3n) is 2.68. The summed E-state index contributed by atoms with van der Waals surface area (Å²) >= 11 is 0. The zero-order chi connectivity index (χ0) is 11.1. The maximum absolute atomic E-state index is 11.6. The Morgan fingerprint density at radius 1 is 0.938 bits per heavy atom. The zero-order valence-electron chi connectivity index (χ0n) is 8.31. The molecule has 2 aromatic rings. The number of carbonyl (C=O) groups is 2. The first-order chi connectivity index (χ1) is 7.75. The number of hydrogen-bond donors (Lipinski definition) is 0. The Balaban J connectivity index is 2.37. The lowest BCUT2D eigenvalue weighted by Gasteiger charge is -2.09. The number of amides is 1. The highest BCUT2D eigenvalue weighted by Crippen LogP contribution is 2.21. The van der Waals surface area contributed by atoms with E-state index in [0.29, 0.717) is 11.1 Å². The summed E-state index contributed by atoms with van der Waals surface area (Å²) in [5.41, 5.74) is 1.15. The van der Waals surface area contributed by atoms with Crippen LogP contribution in [0.15, 0.2) is 41.4 Å². The number of benzene rings is 2. The predicted molar refractivity (Wildman–Crippen MR) is 60.9 cm³/mol. The number of aliphatic imine (C=N–C) groups is 1. The maximum Gasteiger partial charge on any atom is 0.318 e. The maximum atomic E-state index is 11.6. The van der Waals surface area contributed by atoms with Gasteiger partial charge in [-0.3, -0.25) is 9.59 Å². The zero-order valence-corrected chi connectivity index (χ0v) is 8.31. The molecule has 0 bridgehead atoms. The first-order valence-electron chi connectivity index (χ1n) is 4.91. The van der Waals surface area contributed by atoms with Crippen LogP contribution in [0.25, 0.3) is 10.8 Å². The van der Waals surface area contributed by atoms with Crippen molar-refractivity contribution in [3.63, 3.8) is 0 Å². The topological polar surface area (TPSA) is 46.5 Å². The highest BCUT2D eigenvalue weighted by atomic mass is 16.2. The fourth-order valence-electron chi connectivity index (χ4n) is 1.86. The molecular formula is C13H7NO2. The van der Waals surface area contributed by atoms with Gasteiger partial charge in [-0.1, -0.05) is 24.3 Å². The van der Waals surface area contributed by atoms with Gasteiger partial charge in [0, 0.05) is 17.3 Å². The van der Waals surface area contributed by atoms with E-state index in [4.69, 9.17) is 0 Å². The van der Waals surface area contributed by atoms with Gasteiger partial charge in [0.05, 0.1) is 0 Å². The predicted octanol–water partition coefficient (Wildman–Crippen LogP) is 1.98. The third kappa shape index (κ3) is 1.18. The van der Waals surface area contributed by atoms with Crippen molar-refractivity contribution in [1.82, 2.24) is 0 Å². The van der Waals surface area contributed by atoms with Crippen molar-refractivity contribution >= 4 is 28.7 Å². The fourth-order valence-corrected chi connectivity index (χ4v) is 1.86. The van der Waals surface area contributed by atoms with E-state index in [0.717, 1.165) is 10.8 Å². The minimum atomic E-state index is -0.692. The van der Waals surface area contributed by atoms with Gasteiger partial charge in [0.25, 0.3) is 5.78 Å². The second kappa shape index (κ2) is 3.10. The van der Waals surface area contributed by atoms with Crippen LogP contribution in [0.4, 0.5) is 0 Å². The van der Waals surface area contributed by atoms with Crippen molar-refractivity contribution in [2.24, 2.45) is 4.99 Å². The number of nitrogens with zero attached hydrogens (tertiary/aromatic N) is 1. The minimum Gasteiger partial charge on any atom is -0.283 e. The molecule has 0 saturated heterocycles. The molecule has 2 aromatic carbocycles. The highest BCUT2D eigenvalue weighted by molar-refractivity contribution is 6.47. The molecule has 0 aromatic heterocycles. The van der Waals surface area contributed by atoms with Crippen LogP contribution < -0.4 is 0 Å². The molecule has 1 aliphatic heterocycles. The lowest BCUT2D eigenvalue weighted by atomic mass is 9.97. The van der Waals surface area contributed by atoms with Gasteiger partial charge in [-0.05, 0) is 22.9 Å². The van der Waals surface area contributed by atoms with Crippen LogP contribution in [-0.4, -0.2) is 17.9 Å². The van der Waals surface area contributed by atoms with Gasteiger partial charge in [0.1, 0.15) is 0 Å². The Hall–Kier alpha value is -2.29. The normalized spacial score (nSPS) is 14.2. The largest absolute Gasteiger partial charge is 0.318 e. The lowest BCUT2D eigenvalue weighted by Crippen LogP contribution is -2.18. The minimum absolute atomic E-state index is 0.443. The van der Waals surface area contributed by atoms with Crippen LogP contribution in [0, 0.1) is 0 Å². The second-order valence-electron chi connectivity index (χ2n) is 3.68. The van der Waals surface area contributed by atoms with E-state index in [2.05, 4.69) is 4.99 Å². The van der Waals surface area contributed by atoms with Gasteiger partial charge in [-0.15, -0.1) is 0 Å². The Bertz CT molecular complexity index is 656. The van der Waals surface area contributed by atoms with E-state index >= 15 is 0 Å². The fraction of sp³-hybridized carbons (Fsp3) is 0. The summed E-state index contributed by atoms with van der Waals surface area (Å²) in [6.07, 6.45) is 1.45. The van der Waals surface area contributed by atoms with Crippen molar-refractivity contribution in [1.29, 1.82) is 0 Å². The van der Waals surface area contributed by atoms with Crippen molar-refractivity contribution in [3.8, 4) is 0 Å². The molecule has 1 amide bonds. The van der Waals surface area contributed by atoms with Crippen LogP contribution >= 0.6 is 0 Å². The molecular weight excluding hydrogens is 202 g/mol. The van der Waals surface area contributed by atoms with E-state index in [1.165, 1.54) is 6.21 Å². The average molecular weight is 209 g/mol. The molecule has 0 fully saturated rings. The molecule has 1 aliphatic rings. The van der Waals surface area contributed by atoms with Crippen molar-refractivity contribution in [2.75, 3.05) is 0 Å². The molecule has 1 heterocycles. The Kier molecular flexibility index (Phi) is 1.74. The molecule has 3 nitrogen and oxygen atoms in total. The Morgan fingerprint density at radius 2 is 1.62 bits per heavy atom. The number of hydrogen-bond acceptors (Lipinski definition) is 2. The van der Waals surface area contributed by atoms with Crippen molar-refractivity contribution in [3.05, 3.63) is 47.5 Å². The second-order valence-corrected chi connectivity index (χ2v) is 3.68. The van der Waals surface area contributed by atoms with E-state index < -0.39 is 11.7 Å². The van der Waals surface area contributed by atoms with Gasteiger partial charge in [0.15, 0.2) is 0 Å². The van der Waals surface area contributed by atoms with Gasteiger partial charge in [-0.2, -0.15) is 0 Å². The van der Waals surface area contributed by atoms with E-state index in [9.17, 15) is 9.59 Å². The van der Waals surface area contributed by atoms with Crippen molar-refractivity contribution < 1.29 is 9.59 Å². The number of fused-ring (bicyclic) bond motifs is 2. The van der Waals surface area contributed by atoms with Crippen LogP contribution in [0.1, 0.15) is 15.9 Å². The summed E-state index contributed by atoms with van der Waals surface area (Å²) < 4.78 is 0. The third-order valence-corrected chi connectivity index (χ3v) is 2.68. The molecule has 76 valence electrons. The standard InChI is InChI=1S/C13H7NO2/c15-12-11-6-9-4-2-1-3-8(9)5-10(11)7-14-13(12)16/h1-7H. The van der Waals surface area contributed by atoms with Gasteiger partial charge < -0.3 is 0 Å². The lowest BCUT2D eigenvalue weighted by molar-refractivity contribution is -0.113. The first kappa shape index (κ1) is 8.97. The molecule has 0 saturated carbocycles. The van der Waals surface area contributed by atoms with Gasteiger partial charge >= 0.3 is 5.91 Å². The molecule has 3 heteroatoms. The molecule has 16 heavy (non-hydrogen) atoms. The SMILES string of the molecule is O=C1N=Cc2cc3ccccc3cc2C1=O. The van der Waals surface area contributed by atoms with Gasteiger partial charge in [-0.25, -0.2) is 4.99 Å². The highest BCUT2D eigenvalue weighted by Gasteiger charge is 2.22. The van der Waals surface area contributed by atoms with E-state index in [1.54, 1.807) is 6.07 Å². The van der Waals surface area contributed by atoms with Gasteiger partial charge in [0.2, 0.25) is 0 Å². The molecule has 0 spiro atoms. The summed E-state index contributed by atoms with van der Waals surface area (Å²) in [7, 11) is 0. The molecule has 0 radical (unpaired) electrons. The number of ketones is 1. The van der Waals surface area contributed by atoms with Crippen LogP contribution in [0.2, 0.25) is 0 Å². The monoisotopic (exact) mass is 209 g/mol. The van der Waals surface area contributed by atoms with Crippen LogP contribution in [0.3, 0.4) is 0 Å². The molecule has 0 unspecified atom stereocenters. The Labute approximate surface area is 91.4 Å². The summed E-state index contributed by atoms with van der Waals surface area (Å²) in [5.74, 6) is -1.22. The molecule has 3 rings (SSSR count). The van der Waals surface area contributed by atoms with Crippen molar-refractivity contribution in [2.45, 2.75) is 0 Å². The molecule has 0 aliphatic carbocycles. The molecule has 0 atom stereocenters. The number of carbonyl (C=O) groups excluding carboxylic acids is 2. The summed E-state index contributed by atoms with van der Waals surface area (Å²) in [4.78, 5) is 26.3. The summed E-state index contributed by atoms with van der Waals surface area (Å²) in [5, 5.41) is 1.99. The number of Topliss-reactive ketones (excluding diaryl/α,β-unsaturated/α-hetero) is 1. The summed E-state index contributed by atoms with van der Waals surface area (Å²) in [6, 6.07) is 11.3. The quantitative estimate of drug-likeness (QED) is 0.623. The van der Waals surface area contributed by atoms with E-state index in [1.807, 2.05) is 30.3 Å². The van der Waals surface area contributed by atoms with E-state index in [-0.39, 0.29) is 0 Å². The number of rotatable bonds is 0.